The molecule has 3 unspecified atom stereocenters. The maximum atomic E-state index is 13.9. The van der Waals surface area contributed by atoms with E-state index < -0.39 is 0 Å². The fourth-order valence-corrected chi connectivity index (χ4v) is 3.91. The first-order valence-electron chi connectivity index (χ1n) is 8.06. The summed E-state index contributed by atoms with van der Waals surface area (Å²) < 4.78 is 19.2. The molecule has 2 aliphatic rings. The van der Waals surface area contributed by atoms with Crippen LogP contribution in [0.1, 0.15) is 31.7 Å². The van der Waals surface area contributed by atoms with Gasteiger partial charge in [-0.3, -0.25) is 4.90 Å². The fraction of sp³-hybridized carbons (Fsp3) is 0.647. The molecule has 1 saturated carbocycles. The highest BCUT2D eigenvalue weighted by Gasteiger charge is 2.38. The van der Waals surface area contributed by atoms with E-state index in [2.05, 4.69) is 4.90 Å². The molecule has 3 nitrogen and oxygen atoms in total. The zero-order valence-corrected chi connectivity index (χ0v) is 13.9. The summed E-state index contributed by atoms with van der Waals surface area (Å²) in [4.78, 5) is 2.43. The van der Waals surface area contributed by atoms with Crippen molar-refractivity contribution in [2.75, 3.05) is 19.7 Å². The number of halogens is 2. The quantitative estimate of drug-likeness (QED) is 0.922. The number of rotatable bonds is 4. The molecule has 3 atom stereocenters. The number of ether oxygens (including phenoxy) is 1. The molecule has 1 aromatic carbocycles. The normalized spacial score (nSPS) is 28.0. The first-order chi connectivity index (χ1) is 10.2. The lowest BCUT2D eigenvalue weighted by Crippen LogP contribution is -2.38. The van der Waals surface area contributed by atoms with Crippen molar-refractivity contribution in [3.63, 3.8) is 0 Å². The second kappa shape index (κ2) is 7.62. The third kappa shape index (κ3) is 3.73. The molecule has 5 heteroatoms. The summed E-state index contributed by atoms with van der Waals surface area (Å²) in [6, 6.07) is 5.66. The molecule has 3 rings (SSSR count). The molecule has 1 aliphatic heterocycles. The summed E-state index contributed by atoms with van der Waals surface area (Å²) in [7, 11) is 0. The Balaban J connectivity index is 0.00000176. The Labute approximate surface area is 138 Å². The van der Waals surface area contributed by atoms with E-state index in [-0.39, 0.29) is 18.2 Å². The van der Waals surface area contributed by atoms with E-state index in [4.69, 9.17) is 10.5 Å². The highest BCUT2D eigenvalue weighted by atomic mass is 35.5. The van der Waals surface area contributed by atoms with Gasteiger partial charge in [0.05, 0.1) is 6.61 Å². The van der Waals surface area contributed by atoms with Gasteiger partial charge >= 0.3 is 0 Å². The molecule has 1 heterocycles. The van der Waals surface area contributed by atoms with Crippen molar-refractivity contribution in [2.24, 2.45) is 17.6 Å². The van der Waals surface area contributed by atoms with Crippen LogP contribution in [0.4, 0.5) is 4.39 Å². The van der Waals surface area contributed by atoms with Crippen molar-refractivity contribution in [1.82, 2.24) is 4.90 Å². The van der Waals surface area contributed by atoms with Gasteiger partial charge in [-0.15, -0.1) is 12.4 Å². The molecule has 2 fully saturated rings. The Morgan fingerprint density at radius 2 is 2.14 bits per heavy atom. The van der Waals surface area contributed by atoms with E-state index in [1.54, 1.807) is 12.1 Å². The molecule has 1 saturated heterocycles. The summed E-state index contributed by atoms with van der Waals surface area (Å²) in [6.07, 6.45) is 3.72. The van der Waals surface area contributed by atoms with Gasteiger partial charge in [-0.25, -0.2) is 4.39 Å². The van der Waals surface area contributed by atoms with Crippen LogP contribution in [0, 0.1) is 17.7 Å². The minimum Gasteiger partial charge on any atom is -0.491 e. The van der Waals surface area contributed by atoms with Gasteiger partial charge in [0.25, 0.3) is 0 Å². The van der Waals surface area contributed by atoms with Gasteiger partial charge < -0.3 is 10.5 Å². The monoisotopic (exact) mass is 328 g/mol. The molecule has 0 aromatic heterocycles. The van der Waals surface area contributed by atoms with Gasteiger partial charge in [0.1, 0.15) is 0 Å². The maximum absolute atomic E-state index is 13.9. The van der Waals surface area contributed by atoms with E-state index in [9.17, 15) is 4.39 Å². The number of fused-ring (bicyclic) bond motifs is 1. The summed E-state index contributed by atoms with van der Waals surface area (Å²) in [6.45, 7) is 5.32. The van der Waals surface area contributed by atoms with Crippen LogP contribution in [0.15, 0.2) is 18.2 Å². The van der Waals surface area contributed by atoms with Crippen LogP contribution in [-0.4, -0.2) is 30.6 Å². The molecule has 0 spiro atoms. The lowest BCUT2D eigenvalue weighted by atomic mass is 9.78. The van der Waals surface area contributed by atoms with Crippen LogP contribution in [0.5, 0.6) is 5.75 Å². The molecule has 0 radical (unpaired) electrons. The van der Waals surface area contributed by atoms with Crippen molar-refractivity contribution in [2.45, 2.75) is 38.8 Å². The highest BCUT2D eigenvalue weighted by Crippen LogP contribution is 2.36. The SMILES string of the molecule is CCOc1ccc(CN2CC3CCCC(N)C3C2)cc1F.Cl. The van der Waals surface area contributed by atoms with Gasteiger partial charge in [-0.05, 0) is 49.3 Å². The van der Waals surface area contributed by atoms with E-state index >= 15 is 0 Å². The first-order valence-corrected chi connectivity index (χ1v) is 8.06. The molecule has 124 valence electrons. The van der Waals surface area contributed by atoms with E-state index in [1.165, 1.54) is 12.8 Å². The van der Waals surface area contributed by atoms with E-state index in [1.807, 2.05) is 13.0 Å². The third-order valence-electron chi connectivity index (χ3n) is 4.93. The molecule has 2 N–H and O–H groups in total. The smallest absolute Gasteiger partial charge is 0.165 e. The Morgan fingerprint density at radius 3 is 2.82 bits per heavy atom. The van der Waals surface area contributed by atoms with Crippen LogP contribution in [0.3, 0.4) is 0 Å². The van der Waals surface area contributed by atoms with Crippen molar-refractivity contribution in [3.05, 3.63) is 29.6 Å². The number of nitrogens with zero attached hydrogens (tertiary/aromatic N) is 1. The number of benzene rings is 1. The Hall–Kier alpha value is -0.840. The predicted octanol–water partition coefficient (Wildman–Crippen LogP) is 3.21. The summed E-state index contributed by atoms with van der Waals surface area (Å²) >= 11 is 0. The van der Waals surface area contributed by atoms with Crippen LogP contribution in [0.2, 0.25) is 0 Å². The first kappa shape index (κ1) is 17.5. The minimum absolute atomic E-state index is 0. The average Bonchev–Trinajstić information content (AvgIpc) is 2.86. The zero-order chi connectivity index (χ0) is 14.8. The van der Waals surface area contributed by atoms with Crippen molar-refractivity contribution in [3.8, 4) is 5.75 Å². The largest absolute Gasteiger partial charge is 0.491 e. The van der Waals surface area contributed by atoms with Crippen LogP contribution in [0.25, 0.3) is 0 Å². The fourth-order valence-electron chi connectivity index (χ4n) is 3.91. The van der Waals surface area contributed by atoms with Crippen molar-refractivity contribution < 1.29 is 9.13 Å². The lowest BCUT2D eigenvalue weighted by Gasteiger charge is -2.29. The predicted molar refractivity (Wildman–Crippen MR) is 88.9 cm³/mol. The standard InChI is InChI=1S/C17H25FN2O.ClH/c1-2-21-17-7-6-12(8-15(17)18)9-20-10-13-4-3-5-16(19)14(13)11-20;/h6-8,13-14,16H,2-5,9-11,19H2,1H3;1H. The van der Waals surface area contributed by atoms with E-state index in [0.29, 0.717) is 24.3 Å². The topological polar surface area (TPSA) is 38.5 Å². The number of hydrogen-bond donors (Lipinski definition) is 1. The maximum Gasteiger partial charge on any atom is 0.165 e. The van der Waals surface area contributed by atoms with Gasteiger partial charge in [-0.2, -0.15) is 0 Å². The molecular formula is C17H26ClFN2O. The number of likely N-dealkylation sites (tertiary alicyclic amines) is 1. The zero-order valence-electron chi connectivity index (χ0n) is 13.1. The van der Waals surface area contributed by atoms with Gasteiger partial charge in [0, 0.05) is 25.7 Å². The molecule has 0 bridgehead atoms. The van der Waals surface area contributed by atoms with Crippen molar-refractivity contribution in [1.29, 1.82) is 0 Å². The van der Waals surface area contributed by atoms with Crippen molar-refractivity contribution >= 4 is 12.4 Å². The molecular weight excluding hydrogens is 303 g/mol. The van der Waals surface area contributed by atoms with Gasteiger partial charge in [0.2, 0.25) is 0 Å². The molecule has 1 aliphatic carbocycles. The Bertz CT molecular complexity index is 500. The Kier molecular flexibility index (Phi) is 6.07. The second-order valence-electron chi connectivity index (χ2n) is 6.41. The highest BCUT2D eigenvalue weighted by molar-refractivity contribution is 5.85. The molecule has 0 amide bonds. The number of hydrogen-bond acceptors (Lipinski definition) is 3. The third-order valence-corrected chi connectivity index (χ3v) is 4.93. The van der Waals surface area contributed by atoms with Crippen LogP contribution >= 0.6 is 12.4 Å². The molecule has 22 heavy (non-hydrogen) atoms. The van der Waals surface area contributed by atoms with E-state index in [0.717, 1.165) is 37.5 Å². The molecule has 1 aromatic rings. The Morgan fingerprint density at radius 1 is 1.32 bits per heavy atom. The lowest BCUT2D eigenvalue weighted by molar-refractivity contribution is 0.259. The van der Waals surface area contributed by atoms with Crippen LogP contribution < -0.4 is 10.5 Å². The second-order valence-corrected chi connectivity index (χ2v) is 6.41. The average molecular weight is 329 g/mol. The number of nitrogens with two attached hydrogens (primary N) is 1. The summed E-state index contributed by atoms with van der Waals surface area (Å²) in [5.74, 6) is 1.45. The van der Waals surface area contributed by atoms with Crippen LogP contribution in [-0.2, 0) is 6.54 Å². The summed E-state index contributed by atoms with van der Waals surface area (Å²) in [5, 5.41) is 0. The van der Waals surface area contributed by atoms with Gasteiger partial charge in [0.15, 0.2) is 11.6 Å². The minimum atomic E-state index is -0.261. The van der Waals surface area contributed by atoms with Gasteiger partial charge in [-0.1, -0.05) is 12.5 Å². The summed E-state index contributed by atoms with van der Waals surface area (Å²) in [5.41, 5.74) is 7.27.